The van der Waals surface area contributed by atoms with Crippen LogP contribution in [0, 0.1) is 0 Å². The van der Waals surface area contributed by atoms with Crippen LogP contribution in [0.1, 0.15) is 10.4 Å². The summed E-state index contributed by atoms with van der Waals surface area (Å²) in [7, 11) is 0. The lowest BCUT2D eigenvalue weighted by Crippen LogP contribution is -2.10. The first kappa shape index (κ1) is 13.5. The third-order valence-corrected chi connectivity index (χ3v) is 4.01. The summed E-state index contributed by atoms with van der Waals surface area (Å²) in [6.45, 7) is 0. The summed E-state index contributed by atoms with van der Waals surface area (Å²) in [6.07, 6.45) is 3.52. The van der Waals surface area contributed by atoms with Crippen molar-refractivity contribution in [3.8, 4) is 5.69 Å². The Kier molecular flexibility index (Phi) is 3.31. The molecule has 0 aliphatic heterocycles. The van der Waals surface area contributed by atoms with E-state index in [1.54, 1.807) is 10.9 Å². The van der Waals surface area contributed by atoms with Gasteiger partial charge in [0, 0.05) is 22.7 Å². The van der Waals surface area contributed by atoms with Crippen molar-refractivity contribution in [2.75, 3.05) is 12.0 Å². The highest BCUT2D eigenvalue weighted by molar-refractivity contribution is 7.98. The van der Waals surface area contributed by atoms with Gasteiger partial charge < -0.3 is 11.5 Å². The Labute approximate surface area is 125 Å². The van der Waals surface area contributed by atoms with Gasteiger partial charge in [0.2, 0.25) is 0 Å². The van der Waals surface area contributed by atoms with Crippen molar-refractivity contribution < 1.29 is 4.79 Å². The van der Waals surface area contributed by atoms with Crippen LogP contribution in [0.3, 0.4) is 0 Å². The van der Waals surface area contributed by atoms with E-state index in [0.717, 1.165) is 16.5 Å². The highest BCUT2D eigenvalue weighted by atomic mass is 32.2. The maximum absolute atomic E-state index is 11.5. The molecule has 0 unspecified atom stereocenters. The van der Waals surface area contributed by atoms with Gasteiger partial charge in [0.05, 0.1) is 11.3 Å². The number of benzene rings is 2. The lowest BCUT2D eigenvalue weighted by molar-refractivity contribution is 0.0997. The number of primary amides is 1. The average Bonchev–Trinajstić information content (AvgIpc) is 2.91. The third-order valence-electron chi connectivity index (χ3n) is 3.32. The number of nitrogens with zero attached hydrogens (tertiary/aromatic N) is 2. The monoisotopic (exact) mass is 298 g/mol. The predicted octanol–water partition coefficient (Wildman–Crippen LogP) is 2.43. The molecule has 4 N–H and O–H groups in total. The smallest absolute Gasteiger partial charge is 0.253 e. The molecule has 0 atom stereocenters. The van der Waals surface area contributed by atoms with Crippen LogP contribution in [0.25, 0.3) is 16.5 Å². The molecule has 1 amide bonds. The van der Waals surface area contributed by atoms with E-state index < -0.39 is 5.91 Å². The zero-order chi connectivity index (χ0) is 15.0. The molecule has 0 radical (unpaired) electrons. The van der Waals surface area contributed by atoms with Crippen molar-refractivity contribution >= 4 is 34.1 Å². The highest BCUT2D eigenvalue weighted by Crippen LogP contribution is 2.28. The minimum Gasteiger partial charge on any atom is -0.398 e. The molecule has 0 saturated heterocycles. The lowest BCUT2D eigenvalue weighted by Gasteiger charge is -2.08. The summed E-state index contributed by atoms with van der Waals surface area (Å²) in [5, 5.41) is 6.98. The van der Waals surface area contributed by atoms with Gasteiger partial charge in [-0.1, -0.05) is 24.3 Å². The van der Waals surface area contributed by atoms with Crippen molar-refractivity contribution in [1.82, 2.24) is 9.78 Å². The van der Waals surface area contributed by atoms with E-state index in [9.17, 15) is 4.79 Å². The fourth-order valence-corrected chi connectivity index (χ4v) is 2.86. The Morgan fingerprint density at radius 1 is 1.19 bits per heavy atom. The van der Waals surface area contributed by atoms with E-state index in [2.05, 4.69) is 5.10 Å². The molecule has 2 aromatic carbocycles. The molecule has 3 rings (SSSR count). The van der Waals surface area contributed by atoms with Gasteiger partial charge in [-0.2, -0.15) is 5.10 Å². The fraction of sp³-hybridized carbons (Fsp3) is 0.0667. The van der Waals surface area contributed by atoms with Gasteiger partial charge in [-0.15, -0.1) is 11.8 Å². The number of nitrogen functional groups attached to an aromatic ring is 1. The van der Waals surface area contributed by atoms with Crippen molar-refractivity contribution in [3.05, 3.63) is 48.2 Å². The number of anilines is 1. The first-order chi connectivity index (χ1) is 10.1. The average molecular weight is 298 g/mol. The fourth-order valence-electron chi connectivity index (χ4n) is 2.32. The first-order valence-electron chi connectivity index (χ1n) is 6.33. The summed E-state index contributed by atoms with van der Waals surface area (Å²) in [5.41, 5.74) is 13.4. The quantitative estimate of drug-likeness (QED) is 0.574. The van der Waals surface area contributed by atoms with E-state index in [0.29, 0.717) is 16.3 Å². The van der Waals surface area contributed by atoms with Crippen molar-refractivity contribution in [2.24, 2.45) is 5.73 Å². The van der Waals surface area contributed by atoms with Crippen molar-refractivity contribution in [1.29, 1.82) is 0 Å². The van der Waals surface area contributed by atoms with Crippen molar-refractivity contribution in [2.45, 2.75) is 5.03 Å². The van der Waals surface area contributed by atoms with Crippen LogP contribution >= 0.6 is 11.8 Å². The summed E-state index contributed by atoms with van der Waals surface area (Å²) in [4.78, 5) is 11.5. The van der Waals surface area contributed by atoms with Gasteiger partial charge in [0.25, 0.3) is 5.91 Å². The van der Waals surface area contributed by atoms with E-state index in [1.807, 2.05) is 42.7 Å². The van der Waals surface area contributed by atoms with Gasteiger partial charge in [-0.3, -0.25) is 4.79 Å². The predicted molar refractivity (Wildman–Crippen MR) is 85.8 cm³/mol. The van der Waals surface area contributed by atoms with Crippen LogP contribution in [0.15, 0.2) is 47.6 Å². The second-order valence-electron chi connectivity index (χ2n) is 4.58. The standard InChI is InChI=1S/C15H14N4OS/c1-21-15-11(14(17)20)8-19(18-15)13-7-3-4-9-10(13)5-2-6-12(9)16/h2-8H,16H2,1H3,(H2,17,20). The van der Waals surface area contributed by atoms with Gasteiger partial charge in [0.15, 0.2) is 0 Å². The maximum atomic E-state index is 11.5. The first-order valence-corrected chi connectivity index (χ1v) is 7.55. The van der Waals surface area contributed by atoms with E-state index in [1.165, 1.54) is 11.8 Å². The largest absolute Gasteiger partial charge is 0.398 e. The molecule has 6 heteroatoms. The number of hydrogen-bond donors (Lipinski definition) is 2. The Hall–Kier alpha value is -2.47. The van der Waals surface area contributed by atoms with Gasteiger partial charge in [-0.05, 0) is 18.4 Å². The van der Waals surface area contributed by atoms with E-state index in [-0.39, 0.29) is 0 Å². The molecule has 0 bridgehead atoms. The highest BCUT2D eigenvalue weighted by Gasteiger charge is 2.15. The summed E-state index contributed by atoms with van der Waals surface area (Å²) in [5.74, 6) is -0.481. The molecule has 5 nitrogen and oxygen atoms in total. The second kappa shape index (κ2) is 5.14. The van der Waals surface area contributed by atoms with E-state index in [4.69, 9.17) is 11.5 Å². The minimum absolute atomic E-state index is 0.420. The zero-order valence-electron chi connectivity index (χ0n) is 11.4. The number of fused-ring (bicyclic) bond motifs is 1. The Balaban J connectivity index is 2.26. The third kappa shape index (κ3) is 2.23. The van der Waals surface area contributed by atoms with Gasteiger partial charge >= 0.3 is 0 Å². The van der Waals surface area contributed by atoms with Crippen molar-refractivity contribution in [3.63, 3.8) is 0 Å². The Morgan fingerprint density at radius 2 is 1.90 bits per heavy atom. The Morgan fingerprint density at radius 3 is 2.57 bits per heavy atom. The van der Waals surface area contributed by atoms with Gasteiger partial charge in [-0.25, -0.2) is 4.68 Å². The number of amides is 1. The second-order valence-corrected chi connectivity index (χ2v) is 5.38. The lowest BCUT2D eigenvalue weighted by atomic mass is 10.1. The molecule has 3 aromatic rings. The van der Waals surface area contributed by atoms with Crippen LogP contribution in [-0.2, 0) is 0 Å². The number of carbonyl (C=O) groups is 1. The van der Waals surface area contributed by atoms with Crippen LogP contribution in [-0.4, -0.2) is 21.9 Å². The number of aromatic nitrogens is 2. The molecule has 1 aromatic heterocycles. The number of hydrogen-bond acceptors (Lipinski definition) is 4. The van der Waals surface area contributed by atoms with Gasteiger partial charge in [0.1, 0.15) is 5.03 Å². The number of thioether (sulfide) groups is 1. The Bertz CT molecular complexity index is 841. The molecule has 0 aliphatic rings. The van der Waals surface area contributed by atoms with Crippen LogP contribution in [0.4, 0.5) is 5.69 Å². The normalized spacial score (nSPS) is 10.9. The molecule has 1 heterocycles. The molecule has 106 valence electrons. The maximum Gasteiger partial charge on any atom is 0.253 e. The molecule has 0 fully saturated rings. The minimum atomic E-state index is -0.481. The molecular weight excluding hydrogens is 284 g/mol. The topological polar surface area (TPSA) is 86.9 Å². The van der Waals surface area contributed by atoms with E-state index >= 15 is 0 Å². The number of nitrogens with two attached hydrogens (primary N) is 2. The molecule has 21 heavy (non-hydrogen) atoms. The molecule has 0 saturated carbocycles. The summed E-state index contributed by atoms with van der Waals surface area (Å²) >= 11 is 1.39. The molecule has 0 spiro atoms. The zero-order valence-corrected chi connectivity index (χ0v) is 12.2. The SMILES string of the molecule is CSc1nn(-c2cccc3c(N)cccc23)cc1C(N)=O. The van der Waals surface area contributed by atoms with Crippen LogP contribution in [0.2, 0.25) is 0 Å². The molecular formula is C15H14N4OS. The summed E-state index contributed by atoms with van der Waals surface area (Å²) < 4.78 is 1.67. The summed E-state index contributed by atoms with van der Waals surface area (Å²) in [6, 6.07) is 11.5. The number of rotatable bonds is 3. The molecule has 0 aliphatic carbocycles. The van der Waals surface area contributed by atoms with Crippen LogP contribution in [0.5, 0.6) is 0 Å². The number of carbonyl (C=O) groups excluding carboxylic acids is 1. The van der Waals surface area contributed by atoms with Crippen LogP contribution < -0.4 is 11.5 Å².